The second-order valence-corrected chi connectivity index (χ2v) is 10.2. The van der Waals surface area contributed by atoms with Crippen molar-refractivity contribution >= 4 is 39.2 Å². The van der Waals surface area contributed by atoms with Crippen LogP contribution in [0.15, 0.2) is 53.4 Å². The molecule has 5 rings (SSSR count). The lowest BCUT2D eigenvalue weighted by atomic mass is 9.81. The third kappa shape index (κ3) is 3.28. The number of para-hydroxylation sites is 2. The highest BCUT2D eigenvalue weighted by Crippen LogP contribution is 2.57. The van der Waals surface area contributed by atoms with Crippen molar-refractivity contribution in [3.8, 4) is 5.75 Å². The van der Waals surface area contributed by atoms with Gasteiger partial charge in [0.25, 0.3) is 0 Å². The summed E-state index contributed by atoms with van der Waals surface area (Å²) in [6.07, 6.45) is 2.83. The van der Waals surface area contributed by atoms with Crippen LogP contribution in [0.5, 0.6) is 5.75 Å². The Morgan fingerprint density at radius 1 is 0.969 bits per heavy atom. The summed E-state index contributed by atoms with van der Waals surface area (Å²) >= 11 is 0. The standard InChI is InChI=1S/C23H22N2O6S/c1-13(26)24-16-8-10-17(11-9-16)32(29,30)31-19-5-3-2-4-18(19)25-22(27)20-14-6-7-15(12-14)21(20)23(25)28/h2-5,8-11,14-15,20-21H,6-7,12H2,1H3,(H,24,26)/t14-,15+,20+,21-. The maximum absolute atomic E-state index is 13.2. The highest BCUT2D eigenvalue weighted by atomic mass is 32.2. The fraction of sp³-hybridized carbons (Fsp3) is 0.348. The van der Waals surface area contributed by atoms with Crippen molar-refractivity contribution in [1.82, 2.24) is 0 Å². The lowest BCUT2D eigenvalue weighted by Crippen LogP contribution is -2.33. The van der Waals surface area contributed by atoms with Crippen LogP contribution in [0.3, 0.4) is 0 Å². The number of rotatable bonds is 5. The molecule has 2 aliphatic carbocycles. The number of hydrogen-bond donors (Lipinski definition) is 1. The molecule has 9 heteroatoms. The summed E-state index contributed by atoms with van der Waals surface area (Å²) in [5.74, 6) is -1.05. The van der Waals surface area contributed by atoms with Gasteiger partial charge in [0, 0.05) is 12.6 Å². The molecule has 3 aliphatic rings. The quantitative estimate of drug-likeness (QED) is 0.550. The molecule has 2 aromatic rings. The maximum Gasteiger partial charge on any atom is 0.339 e. The molecule has 0 radical (unpaired) electrons. The third-order valence-corrected chi connectivity index (χ3v) is 7.94. The number of carbonyl (C=O) groups is 3. The average Bonchev–Trinajstić information content (AvgIpc) is 3.42. The van der Waals surface area contributed by atoms with E-state index in [2.05, 4.69) is 5.32 Å². The van der Waals surface area contributed by atoms with E-state index < -0.39 is 10.1 Å². The maximum atomic E-state index is 13.2. The van der Waals surface area contributed by atoms with Crippen LogP contribution >= 0.6 is 0 Å². The molecule has 0 spiro atoms. The molecule has 3 amide bonds. The van der Waals surface area contributed by atoms with Crippen molar-refractivity contribution in [1.29, 1.82) is 0 Å². The van der Waals surface area contributed by atoms with Gasteiger partial charge >= 0.3 is 10.1 Å². The van der Waals surface area contributed by atoms with Crippen molar-refractivity contribution < 1.29 is 27.0 Å². The van der Waals surface area contributed by atoms with Crippen molar-refractivity contribution in [3.63, 3.8) is 0 Å². The first kappa shape index (κ1) is 20.7. The molecule has 1 aliphatic heterocycles. The number of hydrogen-bond acceptors (Lipinski definition) is 6. The lowest BCUT2D eigenvalue weighted by molar-refractivity contribution is -0.123. The van der Waals surface area contributed by atoms with Gasteiger partial charge in [0.1, 0.15) is 4.90 Å². The van der Waals surface area contributed by atoms with E-state index in [-0.39, 0.29) is 57.7 Å². The number of anilines is 2. The number of nitrogens with one attached hydrogen (secondary N) is 1. The Hall–Kier alpha value is -3.20. The molecule has 8 nitrogen and oxygen atoms in total. The van der Waals surface area contributed by atoms with E-state index in [1.807, 2.05) is 0 Å². The first-order valence-electron chi connectivity index (χ1n) is 10.6. The van der Waals surface area contributed by atoms with Crippen LogP contribution in [0.2, 0.25) is 0 Å². The summed E-state index contributed by atoms with van der Waals surface area (Å²) < 4.78 is 31.1. The Morgan fingerprint density at radius 2 is 1.56 bits per heavy atom. The van der Waals surface area contributed by atoms with Gasteiger partial charge in [-0.25, -0.2) is 4.90 Å². The van der Waals surface area contributed by atoms with Gasteiger partial charge in [-0.2, -0.15) is 8.42 Å². The molecule has 2 aromatic carbocycles. The van der Waals surface area contributed by atoms with E-state index in [1.54, 1.807) is 12.1 Å². The first-order valence-corrected chi connectivity index (χ1v) is 12.0. The number of carbonyl (C=O) groups excluding carboxylic acids is 3. The van der Waals surface area contributed by atoms with Gasteiger partial charge in [-0.05, 0) is 67.5 Å². The van der Waals surface area contributed by atoms with E-state index in [4.69, 9.17) is 4.18 Å². The number of imide groups is 1. The molecule has 32 heavy (non-hydrogen) atoms. The molecular formula is C23H22N2O6S. The Kier molecular flexibility index (Phi) is 4.81. The fourth-order valence-electron chi connectivity index (χ4n) is 5.43. The lowest BCUT2D eigenvalue weighted by Gasteiger charge is -2.20. The summed E-state index contributed by atoms with van der Waals surface area (Å²) in [7, 11) is -4.24. The molecule has 0 unspecified atom stereocenters. The number of benzene rings is 2. The molecule has 1 N–H and O–H groups in total. The molecule has 4 atom stereocenters. The largest absolute Gasteiger partial charge is 0.377 e. The monoisotopic (exact) mass is 454 g/mol. The normalized spacial score (nSPS) is 26.3. The Bertz CT molecular complexity index is 1200. The van der Waals surface area contributed by atoms with Crippen LogP contribution in [-0.2, 0) is 24.5 Å². The van der Waals surface area contributed by atoms with Gasteiger partial charge in [-0.3, -0.25) is 14.4 Å². The zero-order valence-electron chi connectivity index (χ0n) is 17.4. The second-order valence-electron chi connectivity index (χ2n) is 8.61. The Balaban J connectivity index is 1.44. The minimum absolute atomic E-state index is 0.0764. The third-order valence-electron chi connectivity index (χ3n) is 6.70. The molecule has 2 bridgehead atoms. The van der Waals surface area contributed by atoms with Crippen LogP contribution in [0, 0.1) is 23.7 Å². The zero-order chi connectivity index (χ0) is 22.6. The molecule has 0 aromatic heterocycles. The first-order chi connectivity index (χ1) is 15.3. The molecule has 3 fully saturated rings. The van der Waals surface area contributed by atoms with Crippen molar-refractivity contribution in [2.45, 2.75) is 31.1 Å². The van der Waals surface area contributed by atoms with Crippen molar-refractivity contribution in [2.75, 3.05) is 10.2 Å². The van der Waals surface area contributed by atoms with Crippen LogP contribution in [-0.4, -0.2) is 26.1 Å². The van der Waals surface area contributed by atoms with E-state index in [0.717, 1.165) is 24.2 Å². The van der Waals surface area contributed by atoms with Gasteiger partial charge in [0.05, 0.1) is 17.5 Å². The minimum Gasteiger partial charge on any atom is -0.377 e. The number of amides is 3. The zero-order valence-corrected chi connectivity index (χ0v) is 18.2. The molecule has 2 saturated carbocycles. The molecular weight excluding hydrogens is 432 g/mol. The van der Waals surface area contributed by atoms with E-state index in [1.165, 1.54) is 43.3 Å². The predicted molar refractivity (Wildman–Crippen MR) is 115 cm³/mol. The molecule has 166 valence electrons. The van der Waals surface area contributed by atoms with Crippen molar-refractivity contribution in [3.05, 3.63) is 48.5 Å². The molecule has 1 heterocycles. The Morgan fingerprint density at radius 3 is 2.16 bits per heavy atom. The van der Waals surface area contributed by atoms with Gasteiger partial charge in [-0.15, -0.1) is 0 Å². The van der Waals surface area contributed by atoms with Gasteiger partial charge < -0.3 is 9.50 Å². The summed E-state index contributed by atoms with van der Waals surface area (Å²) in [6, 6.07) is 11.7. The van der Waals surface area contributed by atoms with E-state index >= 15 is 0 Å². The summed E-state index contributed by atoms with van der Waals surface area (Å²) in [6.45, 7) is 1.35. The number of nitrogens with zero attached hydrogens (tertiary/aromatic N) is 1. The molecule has 1 saturated heterocycles. The summed E-state index contributed by atoms with van der Waals surface area (Å²) in [5.41, 5.74) is 0.598. The van der Waals surface area contributed by atoms with Gasteiger partial charge in [0.15, 0.2) is 5.75 Å². The topological polar surface area (TPSA) is 110 Å². The van der Waals surface area contributed by atoms with Crippen LogP contribution in [0.25, 0.3) is 0 Å². The highest BCUT2D eigenvalue weighted by molar-refractivity contribution is 7.87. The predicted octanol–water partition coefficient (Wildman–Crippen LogP) is 2.95. The van der Waals surface area contributed by atoms with Crippen LogP contribution in [0.4, 0.5) is 11.4 Å². The fourth-order valence-corrected chi connectivity index (χ4v) is 6.38. The van der Waals surface area contributed by atoms with Crippen LogP contribution in [0.1, 0.15) is 26.2 Å². The van der Waals surface area contributed by atoms with Crippen LogP contribution < -0.4 is 14.4 Å². The van der Waals surface area contributed by atoms with E-state index in [0.29, 0.717) is 5.69 Å². The SMILES string of the molecule is CC(=O)Nc1ccc(S(=O)(=O)Oc2ccccc2N2C(=O)[C@@H]3[C@H]4CC[C@H](C4)[C@@H]3C2=O)cc1. The smallest absolute Gasteiger partial charge is 0.339 e. The Labute approximate surface area is 185 Å². The van der Waals surface area contributed by atoms with Gasteiger partial charge in [0.2, 0.25) is 17.7 Å². The highest BCUT2D eigenvalue weighted by Gasteiger charge is 2.61. The van der Waals surface area contributed by atoms with Gasteiger partial charge in [-0.1, -0.05) is 12.1 Å². The summed E-state index contributed by atoms with van der Waals surface area (Å²) in [4.78, 5) is 38.5. The van der Waals surface area contributed by atoms with Crippen molar-refractivity contribution in [2.24, 2.45) is 23.7 Å². The second kappa shape index (κ2) is 7.44. The number of fused-ring (bicyclic) bond motifs is 5. The minimum atomic E-state index is -4.24. The summed E-state index contributed by atoms with van der Waals surface area (Å²) in [5, 5.41) is 2.56. The van der Waals surface area contributed by atoms with E-state index in [9.17, 15) is 22.8 Å². The average molecular weight is 455 g/mol.